The lowest BCUT2D eigenvalue weighted by molar-refractivity contribution is 0.120. The third-order valence-electron chi connectivity index (χ3n) is 8.34. The molecule has 1 unspecified atom stereocenters. The van der Waals surface area contributed by atoms with E-state index in [1.165, 1.54) is 22.7 Å². The molecule has 2 aliphatic heterocycles. The van der Waals surface area contributed by atoms with E-state index in [2.05, 4.69) is 40.4 Å². The SMILES string of the molecule is Cc1nnc(C(C)C)n1C1CCN(C(C)C[C@@H](c2cc(F)cc(F)c2)C2CCN(S(C)(=O)=O)CC2)CC1. The van der Waals surface area contributed by atoms with Crippen molar-refractivity contribution in [3.05, 3.63) is 47.0 Å². The molecule has 0 bridgehead atoms. The summed E-state index contributed by atoms with van der Waals surface area (Å²) >= 11 is 0. The number of nitrogens with zero attached hydrogens (tertiary/aromatic N) is 5. The van der Waals surface area contributed by atoms with Gasteiger partial charge >= 0.3 is 0 Å². The molecule has 0 N–H and O–H groups in total. The second-order valence-corrected chi connectivity index (χ2v) is 13.3. The zero-order chi connectivity index (χ0) is 26.9. The quantitative estimate of drug-likeness (QED) is 0.481. The first-order chi connectivity index (χ1) is 17.4. The van der Waals surface area contributed by atoms with Gasteiger partial charge in [-0.2, -0.15) is 0 Å². The van der Waals surface area contributed by atoms with Crippen molar-refractivity contribution in [1.29, 1.82) is 0 Å². The predicted octanol–water partition coefficient (Wildman–Crippen LogP) is 4.86. The van der Waals surface area contributed by atoms with Gasteiger partial charge < -0.3 is 9.47 Å². The lowest BCUT2D eigenvalue weighted by atomic mass is 9.77. The first-order valence-electron chi connectivity index (χ1n) is 13.5. The Morgan fingerprint density at radius 3 is 2.08 bits per heavy atom. The average Bonchev–Trinajstić information content (AvgIpc) is 3.23. The molecule has 2 fully saturated rings. The largest absolute Gasteiger partial charge is 0.312 e. The standard InChI is InChI=1S/C27H41F2N5O2S/c1-18(2)27-31-30-20(4)34(27)25-8-10-32(11-9-25)19(3)14-26(22-15-23(28)17-24(29)16-22)21-6-12-33(13-7-21)37(5,35)36/h15-19,21,25-26H,6-14H2,1-5H3/t19?,26-/m1/s1. The minimum atomic E-state index is -3.23. The molecule has 4 rings (SSSR count). The second kappa shape index (κ2) is 11.5. The number of benzene rings is 1. The van der Waals surface area contributed by atoms with Crippen molar-refractivity contribution in [2.45, 2.75) is 83.7 Å². The van der Waals surface area contributed by atoms with E-state index in [0.717, 1.165) is 50.1 Å². The van der Waals surface area contributed by atoms with Gasteiger partial charge in [-0.15, -0.1) is 10.2 Å². The van der Waals surface area contributed by atoms with Crippen LogP contribution in [-0.2, 0) is 10.0 Å². The van der Waals surface area contributed by atoms with Crippen molar-refractivity contribution in [3.8, 4) is 0 Å². The maximum absolute atomic E-state index is 14.2. The summed E-state index contributed by atoms with van der Waals surface area (Å²) in [6, 6.07) is 4.44. The minimum Gasteiger partial charge on any atom is -0.312 e. The summed E-state index contributed by atoms with van der Waals surface area (Å²) in [5, 5.41) is 8.72. The topological polar surface area (TPSA) is 71.3 Å². The van der Waals surface area contributed by atoms with Gasteiger partial charge in [0, 0.05) is 50.2 Å². The van der Waals surface area contributed by atoms with Crippen LogP contribution in [0.4, 0.5) is 8.78 Å². The number of sulfonamides is 1. The summed E-state index contributed by atoms with van der Waals surface area (Å²) in [5.41, 5.74) is 0.679. The molecule has 7 nitrogen and oxygen atoms in total. The van der Waals surface area contributed by atoms with Crippen molar-refractivity contribution >= 4 is 10.0 Å². The molecule has 0 amide bonds. The number of piperidine rings is 2. The van der Waals surface area contributed by atoms with Crippen LogP contribution in [-0.4, -0.2) is 70.9 Å². The number of aryl methyl sites for hydroxylation is 1. The molecular weight excluding hydrogens is 496 g/mol. The lowest BCUT2D eigenvalue weighted by Gasteiger charge is -2.41. The Hall–Kier alpha value is -1.91. The molecule has 0 aliphatic carbocycles. The second-order valence-electron chi connectivity index (χ2n) is 11.3. The van der Waals surface area contributed by atoms with Gasteiger partial charge in [0.1, 0.15) is 23.3 Å². The molecule has 1 aromatic heterocycles. The van der Waals surface area contributed by atoms with Crippen LogP contribution in [0.15, 0.2) is 18.2 Å². The van der Waals surface area contributed by atoms with E-state index in [1.807, 2.05) is 6.92 Å². The summed E-state index contributed by atoms with van der Waals surface area (Å²) < 4.78 is 56.3. The van der Waals surface area contributed by atoms with Crippen molar-refractivity contribution in [1.82, 2.24) is 24.0 Å². The number of rotatable bonds is 8. The van der Waals surface area contributed by atoms with Gasteiger partial charge in [-0.1, -0.05) is 13.8 Å². The molecule has 0 spiro atoms. The van der Waals surface area contributed by atoms with Gasteiger partial charge in [-0.05, 0) is 75.5 Å². The Bertz CT molecular complexity index is 1150. The van der Waals surface area contributed by atoms with Crippen LogP contribution in [0, 0.1) is 24.5 Å². The Morgan fingerprint density at radius 2 is 1.54 bits per heavy atom. The van der Waals surface area contributed by atoms with Crippen LogP contribution in [0.3, 0.4) is 0 Å². The van der Waals surface area contributed by atoms with E-state index in [0.29, 0.717) is 43.5 Å². The van der Waals surface area contributed by atoms with Crippen molar-refractivity contribution < 1.29 is 17.2 Å². The highest BCUT2D eigenvalue weighted by atomic mass is 32.2. The summed E-state index contributed by atoms with van der Waals surface area (Å²) in [6.07, 6.45) is 5.42. The third kappa shape index (κ3) is 6.57. The highest BCUT2D eigenvalue weighted by Gasteiger charge is 2.34. The van der Waals surface area contributed by atoms with Crippen LogP contribution >= 0.6 is 0 Å². The van der Waals surface area contributed by atoms with Crippen molar-refractivity contribution in [3.63, 3.8) is 0 Å². The van der Waals surface area contributed by atoms with Crippen LogP contribution in [0.25, 0.3) is 0 Å². The lowest BCUT2D eigenvalue weighted by Crippen LogP contribution is -2.43. The van der Waals surface area contributed by atoms with E-state index in [-0.39, 0.29) is 17.9 Å². The van der Waals surface area contributed by atoms with Crippen molar-refractivity contribution in [2.24, 2.45) is 5.92 Å². The Morgan fingerprint density at radius 1 is 0.946 bits per heavy atom. The molecule has 37 heavy (non-hydrogen) atoms. The molecule has 206 valence electrons. The molecule has 0 saturated carbocycles. The fraction of sp³-hybridized carbons (Fsp3) is 0.704. The van der Waals surface area contributed by atoms with E-state index < -0.39 is 21.7 Å². The first-order valence-corrected chi connectivity index (χ1v) is 15.4. The summed E-state index contributed by atoms with van der Waals surface area (Å²) in [4.78, 5) is 2.49. The van der Waals surface area contributed by atoms with E-state index in [1.54, 1.807) is 0 Å². The molecule has 3 heterocycles. The number of hydrogen-bond acceptors (Lipinski definition) is 5. The summed E-state index contributed by atoms with van der Waals surface area (Å²) in [7, 11) is -3.23. The van der Waals surface area contributed by atoms with Crippen LogP contribution < -0.4 is 0 Å². The highest BCUT2D eigenvalue weighted by Crippen LogP contribution is 2.39. The van der Waals surface area contributed by atoms with E-state index in [9.17, 15) is 17.2 Å². The molecule has 2 atom stereocenters. The number of halogens is 2. The molecule has 10 heteroatoms. The smallest absolute Gasteiger partial charge is 0.211 e. The Labute approximate surface area is 220 Å². The Kier molecular flexibility index (Phi) is 8.70. The zero-order valence-corrected chi connectivity index (χ0v) is 23.5. The monoisotopic (exact) mass is 537 g/mol. The molecule has 1 aromatic carbocycles. The van der Waals surface area contributed by atoms with E-state index >= 15 is 0 Å². The van der Waals surface area contributed by atoms with Gasteiger partial charge in [0.15, 0.2) is 0 Å². The Balaban J connectivity index is 1.46. The normalized spacial score (nSPS) is 21.0. The maximum Gasteiger partial charge on any atom is 0.211 e. The van der Waals surface area contributed by atoms with Gasteiger partial charge in [-0.25, -0.2) is 21.5 Å². The number of hydrogen-bond donors (Lipinski definition) is 0. The van der Waals surface area contributed by atoms with E-state index in [4.69, 9.17) is 0 Å². The highest BCUT2D eigenvalue weighted by molar-refractivity contribution is 7.88. The fourth-order valence-corrected chi connectivity index (χ4v) is 7.21. The van der Waals surface area contributed by atoms with Crippen LogP contribution in [0.1, 0.15) is 88.0 Å². The molecule has 2 aromatic rings. The molecular formula is C27H41F2N5O2S. The summed E-state index contributed by atoms with van der Waals surface area (Å²) in [6.45, 7) is 11.3. The number of likely N-dealkylation sites (tertiary alicyclic amines) is 1. The average molecular weight is 538 g/mol. The van der Waals surface area contributed by atoms with Crippen LogP contribution in [0.2, 0.25) is 0 Å². The van der Waals surface area contributed by atoms with Crippen LogP contribution in [0.5, 0.6) is 0 Å². The van der Waals surface area contributed by atoms with Gasteiger partial charge in [0.05, 0.1) is 6.26 Å². The zero-order valence-electron chi connectivity index (χ0n) is 22.7. The van der Waals surface area contributed by atoms with Gasteiger partial charge in [0.25, 0.3) is 0 Å². The van der Waals surface area contributed by atoms with Gasteiger partial charge in [0.2, 0.25) is 10.0 Å². The van der Waals surface area contributed by atoms with Crippen molar-refractivity contribution in [2.75, 3.05) is 32.4 Å². The first kappa shape index (κ1) is 28.1. The third-order valence-corrected chi connectivity index (χ3v) is 9.64. The fourth-order valence-electron chi connectivity index (χ4n) is 6.33. The minimum absolute atomic E-state index is 0.0349. The molecule has 2 saturated heterocycles. The van der Waals surface area contributed by atoms with Gasteiger partial charge in [-0.3, -0.25) is 0 Å². The molecule has 0 radical (unpaired) electrons. The summed E-state index contributed by atoms with van der Waals surface area (Å²) in [5.74, 6) is 1.33. The predicted molar refractivity (Wildman–Crippen MR) is 141 cm³/mol. The maximum atomic E-state index is 14.2. The number of aromatic nitrogens is 3. The molecule has 2 aliphatic rings.